The molecular formula is C9H12O. The summed E-state index contributed by atoms with van der Waals surface area (Å²) in [5.74, 6) is 3.60. The van der Waals surface area contributed by atoms with Gasteiger partial charge in [-0.05, 0) is 12.3 Å². The van der Waals surface area contributed by atoms with Gasteiger partial charge in [0.25, 0.3) is 0 Å². The Hall–Kier alpha value is -0.770. The fourth-order valence-corrected chi connectivity index (χ4v) is 1.52. The Morgan fingerprint density at radius 3 is 2.90 bits per heavy atom. The van der Waals surface area contributed by atoms with Crippen LogP contribution >= 0.6 is 0 Å². The van der Waals surface area contributed by atoms with Crippen LogP contribution in [0, 0.1) is 24.2 Å². The number of carbonyl (C=O) groups excluding carboxylic acids is 1. The minimum absolute atomic E-state index is 0.171. The highest BCUT2D eigenvalue weighted by Crippen LogP contribution is 2.29. The fourth-order valence-electron chi connectivity index (χ4n) is 1.52. The number of hydrogen-bond acceptors (Lipinski definition) is 1. The first-order valence-corrected chi connectivity index (χ1v) is 3.72. The minimum atomic E-state index is 0.171. The molecule has 0 spiro atoms. The highest BCUT2D eigenvalue weighted by molar-refractivity contribution is 5.83. The van der Waals surface area contributed by atoms with Crippen molar-refractivity contribution in [3.8, 4) is 12.3 Å². The standard InChI is InChI=1S/C9H12O/c1-3-4-8-7(2)5-6-9(8)10/h1,7-8H,4-6H2,2H3/t7-,8+/m1/s1. The molecule has 1 nitrogen and oxygen atoms in total. The third-order valence-electron chi connectivity index (χ3n) is 2.28. The van der Waals surface area contributed by atoms with Gasteiger partial charge in [0.05, 0.1) is 0 Å². The van der Waals surface area contributed by atoms with Crippen LogP contribution in [0.1, 0.15) is 26.2 Å². The monoisotopic (exact) mass is 136 g/mol. The van der Waals surface area contributed by atoms with Gasteiger partial charge in [0.15, 0.2) is 0 Å². The number of terminal acetylenes is 1. The van der Waals surface area contributed by atoms with E-state index in [1.165, 1.54) is 0 Å². The second kappa shape index (κ2) is 2.88. The molecule has 0 N–H and O–H groups in total. The van der Waals surface area contributed by atoms with Crippen LogP contribution < -0.4 is 0 Å². The largest absolute Gasteiger partial charge is 0.299 e. The zero-order chi connectivity index (χ0) is 7.56. The van der Waals surface area contributed by atoms with Gasteiger partial charge in [-0.1, -0.05) is 6.92 Å². The Morgan fingerprint density at radius 2 is 2.50 bits per heavy atom. The van der Waals surface area contributed by atoms with Crippen molar-refractivity contribution in [3.63, 3.8) is 0 Å². The lowest BCUT2D eigenvalue weighted by Gasteiger charge is -2.08. The van der Waals surface area contributed by atoms with E-state index in [9.17, 15) is 4.79 Å². The first kappa shape index (κ1) is 7.34. The SMILES string of the molecule is C#CC[C@@H]1C(=O)CC[C@H]1C. The molecule has 1 rings (SSSR count). The van der Waals surface area contributed by atoms with E-state index in [0.29, 0.717) is 18.1 Å². The molecule has 1 heteroatoms. The summed E-state index contributed by atoms with van der Waals surface area (Å²) < 4.78 is 0. The second-order valence-electron chi connectivity index (χ2n) is 3.00. The molecule has 0 saturated heterocycles. The summed E-state index contributed by atoms with van der Waals surface area (Å²) in [4.78, 5) is 11.1. The van der Waals surface area contributed by atoms with Crippen LogP contribution in [0.3, 0.4) is 0 Å². The molecule has 0 radical (unpaired) electrons. The van der Waals surface area contributed by atoms with Gasteiger partial charge >= 0.3 is 0 Å². The van der Waals surface area contributed by atoms with Gasteiger partial charge in [0.2, 0.25) is 0 Å². The van der Waals surface area contributed by atoms with Gasteiger partial charge in [-0.2, -0.15) is 0 Å². The van der Waals surface area contributed by atoms with E-state index in [1.54, 1.807) is 0 Å². The van der Waals surface area contributed by atoms with Crippen LogP contribution in [0.5, 0.6) is 0 Å². The van der Waals surface area contributed by atoms with Crippen molar-refractivity contribution in [2.24, 2.45) is 11.8 Å². The number of carbonyl (C=O) groups is 1. The van der Waals surface area contributed by atoms with Crippen LogP contribution in [0.4, 0.5) is 0 Å². The van der Waals surface area contributed by atoms with E-state index in [0.717, 1.165) is 12.8 Å². The predicted octanol–water partition coefficient (Wildman–Crippen LogP) is 1.62. The van der Waals surface area contributed by atoms with Crippen LogP contribution in [0.25, 0.3) is 0 Å². The Kier molecular flexibility index (Phi) is 2.11. The summed E-state index contributed by atoms with van der Waals surface area (Å²) in [5.41, 5.74) is 0. The van der Waals surface area contributed by atoms with E-state index in [4.69, 9.17) is 6.42 Å². The molecule has 0 aliphatic heterocycles. The van der Waals surface area contributed by atoms with E-state index in [1.807, 2.05) is 0 Å². The molecule has 1 aliphatic rings. The zero-order valence-electron chi connectivity index (χ0n) is 6.26. The number of Topliss-reactive ketones (excluding diaryl/α,β-unsaturated/α-hetero) is 1. The molecule has 10 heavy (non-hydrogen) atoms. The van der Waals surface area contributed by atoms with Crippen molar-refractivity contribution in [1.29, 1.82) is 0 Å². The van der Waals surface area contributed by atoms with E-state index in [-0.39, 0.29) is 5.92 Å². The van der Waals surface area contributed by atoms with Gasteiger partial charge < -0.3 is 0 Å². The molecule has 1 saturated carbocycles. The molecule has 2 atom stereocenters. The van der Waals surface area contributed by atoms with Gasteiger partial charge in [0, 0.05) is 18.8 Å². The maximum absolute atomic E-state index is 11.1. The average Bonchev–Trinajstić information content (AvgIpc) is 2.20. The highest BCUT2D eigenvalue weighted by atomic mass is 16.1. The zero-order valence-corrected chi connectivity index (χ0v) is 6.26. The van der Waals surface area contributed by atoms with Gasteiger partial charge in [-0.3, -0.25) is 4.79 Å². The maximum Gasteiger partial charge on any atom is 0.137 e. The van der Waals surface area contributed by atoms with E-state index in [2.05, 4.69) is 12.8 Å². The van der Waals surface area contributed by atoms with Crippen molar-refractivity contribution in [1.82, 2.24) is 0 Å². The third kappa shape index (κ3) is 1.21. The van der Waals surface area contributed by atoms with Gasteiger partial charge in [-0.25, -0.2) is 0 Å². The molecule has 0 aromatic rings. The molecular weight excluding hydrogens is 124 g/mol. The third-order valence-corrected chi connectivity index (χ3v) is 2.28. The summed E-state index contributed by atoms with van der Waals surface area (Å²) in [6.07, 6.45) is 7.55. The average molecular weight is 136 g/mol. The van der Waals surface area contributed by atoms with Crippen molar-refractivity contribution >= 4 is 5.78 Å². The lowest BCUT2D eigenvalue weighted by molar-refractivity contribution is -0.121. The quantitative estimate of drug-likeness (QED) is 0.501. The fraction of sp³-hybridized carbons (Fsp3) is 0.667. The molecule has 0 unspecified atom stereocenters. The summed E-state index contributed by atoms with van der Waals surface area (Å²) >= 11 is 0. The van der Waals surface area contributed by atoms with Crippen molar-refractivity contribution in [2.45, 2.75) is 26.2 Å². The summed E-state index contributed by atoms with van der Waals surface area (Å²) in [6.45, 7) is 2.10. The normalized spacial score (nSPS) is 32.2. The molecule has 0 amide bonds. The number of ketones is 1. The lowest BCUT2D eigenvalue weighted by Crippen LogP contribution is -2.11. The minimum Gasteiger partial charge on any atom is -0.299 e. The molecule has 0 heterocycles. The van der Waals surface area contributed by atoms with E-state index >= 15 is 0 Å². The van der Waals surface area contributed by atoms with Crippen molar-refractivity contribution in [2.75, 3.05) is 0 Å². The Labute approximate surface area is 61.8 Å². The Balaban J connectivity index is 2.56. The number of rotatable bonds is 1. The topological polar surface area (TPSA) is 17.1 Å². The Bertz CT molecular complexity index is 176. The second-order valence-corrected chi connectivity index (χ2v) is 3.00. The van der Waals surface area contributed by atoms with Crippen LogP contribution in [-0.4, -0.2) is 5.78 Å². The summed E-state index contributed by atoms with van der Waals surface area (Å²) in [7, 11) is 0. The van der Waals surface area contributed by atoms with Crippen LogP contribution in [0.15, 0.2) is 0 Å². The molecule has 0 aromatic carbocycles. The molecule has 1 aliphatic carbocycles. The van der Waals surface area contributed by atoms with Gasteiger partial charge in [-0.15, -0.1) is 12.3 Å². The predicted molar refractivity (Wildman–Crippen MR) is 40.3 cm³/mol. The van der Waals surface area contributed by atoms with Crippen LogP contribution in [-0.2, 0) is 4.79 Å². The maximum atomic E-state index is 11.1. The molecule has 0 aromatic heterocycles. The number of hydrogen-bond donors (Lipinski definition) is 0. The lowest BCUT2D eigenvalue weighted by atomic mass is 9.95. The summed E-state index contributed by atoms with van der Waals surface area (Å²) in [5, 5.41) is 0. The smallest absolute Gasteiger partial charge is 0.137 e. The van der Waals surface area contributed by atoms with Gasteiger partial charge in [0.1, 0.15) is 5.78 Å². The molecule has 0 bridgehead atoms. The molecule has 54 valence electrons. The van der Waals surface area contributed by atoms with Crippen molar-refractivity contribution < 1.29 is 4.79 Å². The first-order valence-electron chi connectivity index (χ1n) is 3.72. The van der Waals surface area contributed by atoms with Crippen molar-refractivity contribution in [3.05, 3.63) is 0 Å². The Morgan fingerprint density at radius 1 is 1.80 bits per heavy atom. The van der Waals surface area contributed by atoms with Crippen LogP contribution in [0.2, 0.25) is 0 Å². The van der Waals surface area contributed by atoms with E-state index < -0.39 is 0 Å². The highest BCUT2D eigenvalue weighted by Gasteiger charge is 2.30. The molecule has 1 fully saturated rings. The first-order chi connectivity index (χ1) is 4.75. The summed E-state index contributed by atoms with van der Waals surface area (Å²) in [6, 6.07) is 0.